The van der Waals surface area contributed by atoms with Crippen molar-refractivity contribution < 1.29 is 26.7 Å². The van der Waals surface area contributed by atoms with E-state index < -0.39 is 39.9 Å². The van der Waals surface area contributed by atoms with Gasteiger partial charge in [-0.15, -0.1) is 0 Å². The number of sulfonamides is 1. The average Bonchev–Trinajstić information content (AvgIpc) is 2.57. The Morgan fingerprint density at radius 2 is 1.69 bits per heavy atom. The molecule has 1 N–H and O–H groups in total. The highest BCUT2D eigenvalue weighted by molar-refractivity contribution is 7.88. The van der Waals surface area contributed by atoms with Crippen LogP contribution in [0.15, 0.2) is 42.5 Å². The monoisotopic (exact) mass is 384 g/mol. The molecule has 0 heterocycles. The molecule has 2 aromatic rings. The summed E-state index contributed by atoms with van der Waals surface area (Å²) in [5.74, 6) is -2.11. The molecule has 0 atom stereocenters. The zero-order valence-electron chi connectivity index (χ0n) is 14.2. The van der Waals surface area contributed by atoms with E-state index in [-0.39, 0.29) is 6.54 Å². The molecule has 140 valence electrons. The minimum absolute atomic E-state index is 0.201. The van der Waals surface area contributed by atoms with E-state index >= 15 is 0 Å². The summed E-state index contributed by atoms with van der Waals surface area (Å²) in [7, 11) is -1.82. The van der Waals surface area contributed by atoms with Crippen LogP contribution in [0.5, 0.6) is 5.75 Å². The lowest BCUT2D eigenvalue weighted by Crippen LogP contribution is -2.24. The average molecular weight is 384 g/mol. The van der Waals surface area contributed by atoms with Crippen LogP contribution in [0.25, 0.3) is 0 Å². The van der Waals surface area contributed by atoms with Gasteiger partial charge in [0.25, 0.3) is 5.91 Å². The van der Waals surface area contributed by atoms with E-state index in [9.17, 15) is 22.0 Å². The Morgan fingerprint density at radius 3 is 2.23 bits per heavy atom. The van der Waals surface area contributed by atoms with Crippen LogP contribution in [-0.4, -0.2) is 38.5 Å². The maximum Gasteiger partial charge on any atom is 0.262 e. The number of hydrogen-bond acceptors (Lipinski definition) is 4. The van der Waals surface area contributed by atoms with Crippen molar-refractivity contribution >= 4 is 21.6 Å². The molecule has 2 rings (SSSR count). The van der Waals surface area contributed by atoms with Gasteiger partial charge in [-0.1, -0.05) is 18.2 Å². The third-order valence-electron chi connectivity index (χ3n) is 3.49. The number of hydrogen-bond donors (Lipinski definition) is 1. The number of ether oxygens (including phenoxy) is 1. The lowest BCUT2D eigenvalue weighted by molar-refractivity contribution is -0.118. The number of nitrogens with one attached hydrogen (secondary N) is 1. The summed E-state index contributed by atoms with van der Waals surface area (Å²) in [5, 5.41) is 2.12. The number of amides is 1. The van der Waals surface area contributed by atoms with Gasteiger partial charge in [0.05, 0.1) is 6.26 Å². The highest BCUT2D eigenvalue weighted by atomic mass is 32.2. The van der Waals surface area contributed by atoms with Crippen LogP contribution in [0.2, 0.25) is 0 Å². The molecule has 2 aromatic carbocycles. The molecule has 0 saturated carbocycles. The van der Waals surface area contributed by atoms with Crippen molar-refractivity contribution in [3.8, 4) is 5.75 Å². The minimum atomic E-state index is -3.28. The Balaban J connectivity index is 1.90. The zero-order chi connectivity index (χ0) is 19.3. The largest absolute Gasteiger partial charge is 0.484 e. The number of para-hydroxylation sites is 1. The minimum Gasteiger partial charge on any atom is -0.484 e. The Morgan fingerprint density at radius 1 is 1.12 bits per heavy atom. The molecular weight excluding hydrogens is 366 g/mol. The number of benzene rings is 2. The van der Waals surface area contributed by atoms with Crippen LogP contribution >= 0.6 is 0 Å². The Kier molecular flexibility index (Phi) is 6.27. The van der Waals surface area contributed by atoms with Gasteiger partial charge in [-0.2, -0.15) is 0 Å². The third kappa shape index (κ3) is 5.50. The summed E-state index contributed by atoms with van der Waals surface area (Å²) in [6, 6.07) is 9.72. The molecule has 0 aliphatic carbocycles. The number of carbonyl (C=O) groups excluding carboxylic acids is 1. The summed E-state index contributed by atoms with van der Waals surface area (Å²) in [5.41, 5.74) is 0.211. The highest BCUT2D eigenvalue weighted by Crippen LogP contribution is 2.18. The van der Waals surface area contributed by atoms with Crippen molar-refractivity contribution in [3.05, 3.63) is 59.7 Å². The fraction of sp³-hybridized carbons (Fsp3) is 0.235. The third-order valence-corrected chi connectivity index (χ3v) is 4.75. The molecule has 6 nitrogen and oxygen atoms in total. The van der Waals surface area contributed by atoms with Gasteiger partial charge in [0.1, 0.15) is 23.1 Å². The first-order valence-electron chi connectivity index (χ1n) is 7.53. The van der Waals surface area contributed by atoms with Crippen molar-refractivity contribution in [3.63, 3.8) is 0 Å². The van der Waals surface area contributed by atoms with Crippen LogP contribution in [0.3, 0.4) is 0 Å². The van der Waals surface area contributed by atoms with E-state index in [0.29, 0.717) is 5.75 Å². The second-order valence-electron chi connectivity index (χ2n) is 5.60. The standard InChI is InChI=1S/C17H18F2N2O4S/c1-21(26(2,23)24)10-12-6-8-13(9-7-12)25-11-16(22)20-17-14(18)4-3-5-15(17)19/h3-9H,10-11H2,1-2H3,(H,20,22). The van der Waals surface area contributed by atoms with Crippen LogP contribution in [-0.2, 0) is 21.4 Å². The van der Waals surface area contributed by atoms with Gasteiger partial charge in [0, 0.05) is 13.6 Å². The molecule has 0 spiro atoms. The molecule has 0 aliphatic heterocycles. The first-order valence-corrected chi connectivity index (χ1v) is 9.38. The predicted molar refractivity (Wildman–Crippen MR) is 93.2 cm³/mol. The van der Waals surface area contributed by atoms with Crippen molar-refractivity contribution in [1.82, 2.24) is 4.31 Å². The molecule has 0 unspecified atom stereocenters. The van der Waals surface area contributed by atoms with E-state index in [1.807, 2.05) is 0 Å². The molecule has 0 radical (unpaired) electrons. The van der Waals surface area contributed by atoms with Crippen molar-refractivity contribution in [2.45, 2.75) is 6.54 Å². The summed E-state index contributed by atoms with van der Waals surface area (Å²) in [6.45, 7) is -0.234. The number of nitrogens with zero attached hydrogens (tertiary/aromatic N) is 1. The molecule has 0 aromatic heterocycles. The van der Waals surface area contributed by atoms with Crippen LogP contribution in [0.1, 0.15) is 5.56 Å². The van der Waals surface area contributed by atoms with Gasteiger partial charge in [-0.25, -0.2) is 21.5 Å². The number of halogens is 2. The van der Waals surface area contributed by atoms with Crippen molar-refractivity contribution in [2.24, 2.45) is 0 Å². The fourth-order valence-corrected chi connectivity index (χ4v) is 2.39. The van der Waals surface area contributed by atoms with Gasteiger partial charge >= 0.3 is 0 Å². The molecule has 1 amide bonds. The smallest absolute Gasteiger partial charge is 0.262 e. The van der Waals surface area contributed by atoms with Gasteiger partial charge in [0.15, 0.2) is 6.61 Å². The Hall–Kier alpha value is -2.52. The Bertz CT molecular complexity index is 866. The maximum atomic E-state index is 13.5. The normalized spacial score (nSPS) is 11.4. The second-order valence-corrected chi connectivity index (χ2v) is 7.69. The highest BCUT2D eigenvalue weighted by Gasteiger charge is 2.13. The van der Waals surface area contributed by atoms with E-state index in [2.05, 4.69) is 5.32 Å². The first kappa shape index (κ1) is 19.8. The van der Waals surface area contributed by atoms with Crippen molar-refractivity contribution in [2.75, 3.05) is 25.2 Å². The molecule has 9 heteroatoms. The van der Waals surface area contributed by atoms with E-state index in [0.717, 1.165) is 24.0 Å². The quantitative estimate of drug-likeness (QED) is 0.795. The topological polar surface area (TPSA) is 75.7 Å². The van der Waals surface area contributed by atoms with E-state index in [1.54, 1.807) is 24.3 Å². The van der Waals surface area contributed by atoms with Gasteiger partial charge in [-0.3, -0.25) is 4.79 Å². The predicted octanol–water partition coefficient (Wildman–Crippen LogP) is 2.37. The summed E-state index contributed by atoms with van der Waals surface area (Å²) < 4.78 is 56.1. The Labute approximate surface area is 150 Å². The number of anilines is 1. The van der Waals surface area contributed by atoms with E-state index in [4.69, 9.17) is 4.74 Å². The molecule has 0 bridgehead atoms. The van der Waals surface area contributed by atoms with Crippen molar-refractivity contribution in [1.29, 1.82) is 0 Å². The fourth-order valence-electron chi connectivity index (χ4n) is 2.01. The molecule has 0 saturated heterocycles. The molecule has 0 aliphatic rings. The van der Waals surface area contributed by atoms with Crippen LogP contribution < -0.4 is 10.1 Å². The van der Waals surface area contributed by atoms with Gasteiger partial charge in [0.2, 0.25) is 10.0 Å². The lowest BCUT2D eigenvalue weighted by atomic mass is 10.2. The van der Waals surface area contributed by atoms with Gasteiger partial charge in [-0.05, 0) is 29.8 Å². The molecule has 26 heavy (non-hydrogen) atoms. The number of rotatable bonds is 7. The van der Waals surface area contributed by atoms with Crippen LogP contribution in [0.4, 0.5) is 14.5 Å². The maximum absolute atomic E-state index is 13.5. The van der Waals surface area contributed by atoms with E-state index in [1.165, 1.54) is 17.4 Å². The summed E-state index contributed by atoms with van der Waals surface area (Å²) in [4.78, 5) is 11.8. The van der Waals surface area contributed by atoms with Gasteiger partial charge < -0.3 is 10.1 Å². The van der Waals surface area contributed by atoms with Crippen LogP contribution in [0, 0.1) is 11.6 Å². The lowest BCUT2D eigenvalue weighted by Gasteiger charge is -2.14. The zero-order valence-corrected chi connectivity index (χ0v) is 15.0. The SMILES string of the molecule is CN(Cc1ccc(OCC(=O)Nc2c(F)cccc2F)cc1)S(C)(=O)=O. The second kappa shape index (κ2) is 8.24. The molecule has 0 fully saturated rings. The number of carbonyl (C=O) groups is 1. The first-order chi connectivity index (χ1) is 12.2. The summed E-state index contributed by atoms with van der Waals surface area (Å²) >= 11 is 0. The summed E-state index contributed by atoms with van der Waals surface area (Å²) in [6.07, 6.45) is 1.11. The molecular formula is C17H18F2N2O4S.